The van der Waals surface area contributed by atoms with Crippen LogP contribution in [-0.4, -0.2) is 39.0 Å². The van der Waals surface area contributed by atoms with Crippen LogP contribution in [0.15, 0.2) is 17.0 Å². The molecular formula is C15H27N3O2S. The molecule has 0 heterocycles. The van der Waals surface area contributed by atoms with E-state index in [2.05, 4.69) is 23.5 Å². The van der Waals surface area contributed by atoms with Crippen LogP contribution in [0.1, 0.15) is 31.9 Å². The molecule has 0 aliphatic rings. The fraction of sp³-hybridized carbons (Fsp3) is 0.600. The molecule has 0 aliphatic carbocycles. The molecule has 21 heavy (non-hydrogen) atoms. The van der Waals surface area contributed by atoms with Crippen LogP contribution < -0.4 is 10.5 Å². The second kappa shape index (κ2) is 7.24. The van der Waals surface area contributed by atoms with Gasteiger partial charge >= 0.3 is 0 Å². The van der Waals surface area contributed by atoms with Crippen molar-refractivity contribution in [2.75, 3.05) is 25.4 Å². The molecule has 1 aromatic carbocycles. The Kier molecular flexibility index (Phi) is 6.19. The molecule has 0 saturated carbocycles. The Labute approximate surface area is 128 Å². The molecule has 0 amide bonds. The third-order valence-corrected chi connectivity index (χ3v) is 5.34. The molecular weight excluding hydrogens is 286 g/mol. The topological polar surface area (TPSA) is 75.4 Å². The number of hydrogen-bond acceptors (Lipinski definition) is 4. The standard InChI is InChI=1S/C15H27N3O2S/c1-6-18(7-2)10-12(4)17-21(19,20)14-8-11(3)13(5)15(16)9-14/h8-9,12,17H,6-7,10,16H2,1-5H3. The van der Waals surface area contributed by atoms with Gasteiger partial charge in [-0.25, -0.2) is 13.1 Å². The highest BCUT2D eigenvalue weighted by Gasteiger charge is 2.20. The van der Waals surface area contributed by atoms with Crippen LogP contribution in [0.4, 0.5) is 5.69 Å². The molecule has 0 bridgehead atoms. The van der Waals surface area contributed by atoms with Crippen molar-refractivity contribution in [2.24, 2.45) is 0 Å². The fourth-order valence-electron chi connectivity index (χ4n) is 2.25. The van der Waals surface area contributed by atoms with Crippen molar-refractivity contribution in [3.8, 4) is 0 Å². The number of hydrogen-bond donors (Lipinski definition) is 2. The van der Waals surface area contributed by atoms with Crippen molar-refractivity contribution in [1.82, 2.24) is 9.62 Å². The lowest BCUT2D eigenvalue weighted by molar-refractivity contribution is 0.282. The Bertz CT molecular complexity index is 558. The first-order valence-electron chi connectivity index (χ1n) is 7.32. The van der Waals surface area contributed by atoms with Crippen LogP contribution in [0.25, 0.3) is 0 Å². The monoisotopic (exact) mass is 313 g/mol. The van der Waals surface area contributed by atoms with E-state index in [4.69, 9.17) is 5.73 Å². The lowest BCUT2D eigenvalue weighted by Gasteiger charge is -2.23. The average molecular weight is 313 g/mol. The Morgan fingerprint density at radius 2 is 1.81 bits per heavy atom. The largest absolute Gasteiger partial charge is 0.398 e. The minimum absolute atomic E-state index is 0.155. The second-order valence-electron chi connectivity index (χ2n) is 5.46. The number of rotatable bonds is 7. The molecule has 1 rings (SSSR count). The van der Waals surface area contributed by atoms with Gasteiger partial charge in [0.2, 0.25) is 10.0 Å². The Morgan fingerprint density at radius 1 is 1.24 bits per heavy atom. The van der Waals surface area contributed by atoms with E-state index < -0.39 is 10.0 Å². The first-order valence-corrected chi connectivity index (χ1v) is 8.81. The van der Waals surface area contributed by atoms with Gasteiger partial charge in [-0.3, -0.25) is 0 Å². The van der Waals surface area contributed by atoms with Crippen LogP contribution in [-0.2, 0) is 10.0 Å². The molecule has 3 N–H and O–H groups in total. The smallest absolute Gasteiger partial charge is 0.240 e. The third-order valence-electron chi connectivity index (χ3n) is 3.77. The number of aryl methyl sites for hydroxylation is 1. The maximum absolute atomic E-state index is 12.4. The lowest BCUT2D eigenvalue weighted by atomic mass is 10.1. The van der Waals surface area contributed by atoms with Gasteiger partial charge in [0.1, 0.15) is 0 Å². The molecule has 0 radical (unpaired) electrons. The van der Waals surface area contributed by atoms with Crippen molar-refractivity contribution in [3.63, 3.8) is 0 Å². The van der Waals surface area contributed by atoms with E-state index in [0.717, 1.165) is 24.2 Å². The van der Waals surface area contributed by atoms with Gasteiger partial charge in [0.25, 0.3) is 0 Å². The molecule has 120 valence electrons. The number of sulfonamides is 1. The van der Waals surface area contributed by atoms with Gasteiger partial charge in [-0.2, -0.15) is 0 Å². The zero-order valence-corrected chi connectivity index (χ0v) is 14.4. The van der Waals surface area contributed by atoms with E-state index in [1.54, 1.807) is 6.07 Å². The molecule has 0 aromatic heterocycles. The van der Waals surface area contributed by atoms with E-state index in [0.29, 0.717) is 12.2 Å². The lowest BCUT2D eigenvalue weighted by Crippen LogP contribution is -2.41. The summed E-state index contributed by atoms with van der Waals surface area (Å²) in [5.41, 5.74) is 8.18. The Hall–Kier alpha value is -1.11. The predicted molar refractivity (Wildman–Crippen MR) is 87.9 cm³/mol. The van der Waals surface area contributed by atoms with Crippen molar-refractivity contribution < 1.29 is 8.42 Å². The summed E-state index contributed by atoms with van der Waals surface area (Å²) in [5, 5.41) is 0. The van der Waals surface area contributed by atoms with Crippen LogP contribution in [0.2, 0.25) is 0 Å². The second-order valence-corrected chi connectivity index (χ2v) is 7.18. The summed E-state index contributed by atoms with van der Waals surface area (Å²) in [6.45, 7) is 12.2. The normalized spacial score (nSPS) is 13.6. The maximum Gasteiger partial charge on any atom is 0.240 e. The zero-order chi connectivity index (χ0) is 16.2. The van der Waals surface area contributed by atoms with Gasteiger partial charge in [-0.1, -0.05) is 13.8 Å². The first kappa shape index (κ1) is 17.9. The van der Waals surface area contributed by atoms with Gasteiger partial charge in [-0.15, -0.1) is 0 Å². The number of nitrogens with zero attached hydrogens (tertiary/aromatic N) is 1. The van der Waals surface area contributed by atoms with Crippen molar-refractivity contribution >= 4 is 15.7 Å². The van der Waals surface area contributed by atoms with Gasteiger partial charge in [0, 0.05) is 18.3 Å². The van der Waals surface area contributed by atoms with E-state index in [1.165, 1.54) is 6.07 Å². The van der Waals surface area contributed by atoms with Gasteiger partial charge in [0.05, 0.1) is 4.90 Å². The van der Waals surface area contributed by atoms with Gasteiger partial charge in [0.15, 0.2) is 0 Å². The molecule has 0 aliphatic heterocycles. The quantitative estimate of drug-likeness (QED) is 0.754. The van der Waals surface area contributed by atoms with Crippen LogP contribution >= 0.6 is 0 Å². The van der Waals surface area contributed by atoms with Crippen molar-refractivity contribution in [3.05, 3.63) is 23.3 Å². The third kappa shape index (κ3) is 4.69. The molecule has 6 heteroatoms. The fourth-order valence-corrected chi connectivity index (χ4v) is 3.60. The number of likely N-dealkylation sites (N-methyl/N-ethyl adjacent to an activating group) is 1. The molecule has 1 atom stereocenters. The highest BCUT2D eigenvalue weighted by atomic mass is 32.2. The van der Waals surface area contributed by atoms with Gasteiger partial charge < -0.3 is 10.6 Å². The SMILES string of the molecule is CCN(CC)CC(C)NS(=O)(=O)c1cc(C)c(C)c(N)c1. The van der Waals surface area contributed by atoms with Gasteiger partial charge in [-0.05, 0) is 57.1 Å². The maximum atomic E-state index is 12.4. The average Bonchev–Trinajstić information content (AvgIpc) is 2.40. The number of nitrogen functional groups attached to an aromatic ring is 1. The van der Waals surface area contributed by atoms with E-state index in [-0.39, 0.29) is 10.9 Å². The van der Waals surface area contributed by atoms with Crippen LogP contribution in [0.3, 0.4) is 0 Å². The number of anilines is 1. The highest BCUT2D eigenvalue weighted by Crippen LogP contribution is 2.21. The Balaban J connectivity index is 2.92. The first-order chi connectivity index (χ1) is 9.71. The molecule has 5 nitrogen and oxygen atoms in total. The molecule has 1 aromatic rings. The van der Waals surface area contributed by atoms with E-state index >= 15 is 0 Å². The summed E-state index contributed by atoms with van der Waals surface area (Å²) in [4.78, 5) is 2.41. The number of benzene rings is 1. The predicted octanol–water partition coefficient (Wildman–Crippen LogP) is 1.89. The molecule has 0 fully saturated rings. The number of nitrogens with one attached hydrogen (secondary N) is 1. The molecule has 1 unspecified atom stereocenters. The molecule has 0 spiro atoms. The van der Waals surface area contributed by atoms with E-state index in [1.807, 2.05) is 20.8 Å². The van der Waals surface area contributed by atoms with Crippen molar-refractivity contribution in [1.29, 1.82) is 0 Å². The summed E-state index contributed by atoms with van der Waals surface area (Å²) >= 11 is 0. The summed E-state index contributed by atoms with van der Waals surface area (Å²) < 4.78 is 27.6. The van der Waals surface area contributed by atoms with Crippen molar-refractivity contribution in [2.45, 2.75) is 45.6 Å². The van der Waals surface area contributed by atoms with E-state index in [9.17, 15) is 8.42 Å². The van der Waals surface area contributed by atoms with Crippen LogP contribution in [0, 0.1) is 13.8 Å². The minimum atomic E-state index is -3.54. The highest BCUT2D eigenvalue weighted by molar-refractivity contribution is 7.89. The molecule has 0 saturated heterocycles. The minimum Gasteiger partial charge on any atom is -0.398 e. The summed E-state index contributed by atoms with van der Waals surface area (Å²) in [6, 6.07) is 3.03. The summed E-state index contributed by atoms with van der Waals surface area (Å²) in [5.74, 6) is 0. The summed E-state index contributed by atoms with van der Waals surface area (Å²) in [6.07, 6.45) is 0. The Morgan fingerprint density at radius 3 is 2.29 bits per heavy atom. The number of nitrogens with two attached hydrogens (primary N) is 1. The zero-order valence-electron chi connectivity index (χ0n) is 13.6. The summed E-state index contributed by atoms with van der Waals surface area (Å²) in [7, 11) is -3.54. The van der Waals surface area contributed by atoms with Crippen LogP contribution in [0.5, 0.6) is 0 Å².